The molecule has 0 bridgehead atoms. The SMILES string of the molecule is COc1c(N=C=O)c(C)nn1C. The normalized spacial score (nSPS) is 9.25. The van der Waals surface area contributed by atoms with E-state index in [0.29, 0.717) is 17.3 Å². The van der Waals surface area contributed by atoms with Crippen LogP contribution in [-0.2, 0) is 11.8 Å². The van der Waals surface area contributed by atoms with Gasteiger partial charge in [-0.2, -0.15) is 10.1 Å². The van der Waals surface area contributed by atoms with Gasteiger partial charge in [-0.25, -0.2) is 9.48 Å². The molecule has 1 heterocycles. The van der Waals surface area contributed by atoms with E-state index in [0.717, 1.165) is 0 Å². The van der Waals surface area contributed by atoms with Crippen molar-refractivity contribution in [2.45, 2.75) is 6.92 Å². The molecular weight excluding hydrogens is 158 g/mol. The summed E-state index contributed by atoms with van der Waals surface area (Å²) < 4.78 is 6.50. The molecule has 0 unspecified atom stereocenters. The largest absolute Gasteiger partial charge is 0.480 e. The Morgan fingerprint density at radius 3 is 2.83 bits per heavy atom. The molecule has 64 valence electrons. The summed E-state index contributed by atoms with van der Waals surface area (Å²) >= 11 is 0. The van der Waals surface area contributed by atoms with Gasteiger partial charge in [0.05, 0.1) is 12.8 Å². The summed E-state index contributed by atoms with van der Waals surface area (Å²) in [6.45, 7) is 1.75. The van der Waals surface area contributed by atoms with Gasteiger partial charge < -0.3 is 4.74 Å². The Labute approximate surface area is 69.7 Å². The van der Waals surface area contributed by atoms with Crippen LogP contribution in [0.25, 0.3) is 0 Å². The highest BCUT2D eigenvalue weighted by Crippen LogP contribution is 2.29. The molecule has 0 fully saturated rings. The maximum absolute atomic E-state index is 10.0. The average Bonchev–Trinajstić information content (AvgIpc) is 2.28. The van der Waals surface area contributed by atoms with Crippen LogP contribution < -0.4 is 4.74 Å². The van der Waals surface area contributed by atoms with Crippen LogP contribution in [0.1, 0.15) is 5.69 Å². The number of aryl methyl sites for hydroxylation is 2. The standard InChI is InChI=1S/C7H9N3O2/c1-5-6(8-4-11)7(12-3)10(2)9-5/h1-3H3. The molecule has 0 aliphatic rings. The van der Waals surface area contributed by atoms with E-state index in [2.05, 4.69) is 10.1 Å². The van der Waals surface area contributed by atoms with Crippen molar-refractivity contribution in [1.29, 1.82) is 0 Å². The number of rotatable bonds is 2. The molecule has 0 spiro atoms. The van der Waals surface area contributed by atoms with E-state index in [4.69, 9.17) is 4.74 Å². The van der Waals surface area contributed by atoms with Crippen molar-refractivity contribution in [2.75, 3.05) is 7.11 Å². The fourth-order valence-corrected chi connectivity index (χ4v) is 1.03. The second kappa shape index (κ2) is 3.19. The van der Waals surface area contributed by atoms with E-state index in [-0.39, 0.29) is 0 Å². The monoisotopic (exact) mass is 167 g/mol. The van der Waals surface area contributed by atoms with Crippen molar-refractivity contribution in [3.63, 3.8) is 0 Å². The third kappa shape index (κ3) is 1.22. The minimum Gasteiger partial charge on any atom is -0.480 e. The Kier molecular flexibility index (Phi) is 2.26. The number of hydrogen-bond donors (Lipinski definition) is 0. The number of nitrogens with zero attached hydrogens (tertiary/aromatic N) is 3. The number of methoxy groups -OCH3 is 1. The molecule has 0 aromatic carbocycles. The Balaban J connectivity index is 3.31. The lowest BCUT2D eigenvalue weighted by Gasteiger charge is -1.98. The van der Waals surface area contributed by atoms with Crippen molar-refractivity contribution in [1.82, 2.24) is 9.78 Å². The highest BCUT2D eigenvalue weighted by molar-refractivity contribution is 5.57. The van der Waals surface area contributed by atoms with Gasteiger partial charge in [0.25, 0.3) is 0 Å². The summed E-state index contributed by atoms with van der Waals surface area (Å²) in [6.07, 6.45) is 1.45. The van der Waals surface area contributed by atoms with Crippen LogP contribution in [0.4, 0.5) is 5.69 Å². The van der Waals surface area contributed by atoms with Crippen molar-refractivity contribution >= 4 is 11.8 Å². The second-order valence-corrected chi connectivity index (χ2v) is 2.27. The van der Waals surface area contributed by atoms with Gasteiger partial charge in [0.15, 0.2) is 5.69 Å². The lowest BCUT2D eigenvalue weighted by molar-refractivity contribution is 0.374. The topological polar surface area (TPSA) is 56.5 Å². The molecule has 0 saturated heterocycles. The first kappa shape index (κ1) is 8.49. The predicted molar refractivity (Wildman–Crippen MR) is 42.3 cm³/mol. The summed E-state index contributed by atoms with van der Waals surface area (Å²) in [7, 11) is 3.22. The molecule has 0 radical (unpaired) electrons. The van der Waals surface area contributed by atoms with Crippen LogP contribution in [0, 0.1) is 6.92 Å². The van der Waals surface area contributed by atoms with Gasteiger partial charge in [-0.3, -0.25) is 0 Å². The fourth-order valence-electron chi connectivity index (χ4n) is 1.03. The van der Waals surface area contributed by atoms with Crippen LogP contribution in [0.5, 0.6) is 5.88 Å². The van der Waals surface area contributed by atoms with Gasteiger partial charge in [-0.15, -0.1) is 0 Å². The first-order valence-corrected chi connectivity index (χ1v) is 3.36. The van der Waals surface area contributed by atoms with Crippen LogP contribution in [0.2, 0.25) is 0 Å². The van der Waals surface area contributed by atoms with Gasteiger partial charge in [0.2, 0.25) is 12.0 Å². The van der Waals surface area contributed by atoms with Crippen molar-refractivity contribution in [2.24, 2.45) is 12.0 Å². The smallest absolute Gasteiger partial charge is 0.240 e. The zero-order chi connectivity index (χ0) is 9.14. The minimum absolute atomic E-state index is 0.440. The van der Waals surface area contributed by atoms with E-state index in [1.54, 1.807) is 14.0 Å². The third-order valence-corrected chi connectivity index (χ3v) is 1.49. The van der Waals surface area contributed by atoms with Gasteiger partial charge in [0.1, 0.15) is 0 Å². The van der Waals surface area contributed by atoms with Gasteiger partial charge in [-0.1, -0.05) is 0 Å². The van der Waals surface area contributed by atoms with Gasteiger partial charge in [0, 0.05) is 7.05 Å². The van der Waals surface area contributed by atoms with Crippen LogP contribution in [-0.4, -0.2) is 23.0 Å². The number of aliphatic imine (C=N–C) groups is 1. The first-order chi connectivity index (χ1) is 5.70. The zero-order valence-electron chi connectivity index (χ0n) is 7.16. The molecule has 0 aliphatic heterocycles. The summed E-state index contributed by atoms with van der Waals surface area (Å²) in [6, 6.07) is 0. The Bertz CT molecular complexity index is 337. The molecule has 12 heavy (non-hydrogen) atoms. The van der Waals surface area contributed by atoms with Crippen molar-refractivity contribution < 1.29 is 9.53 Å². The van der Waals surface area contributed by atoms with Crippen molar-refractivity contribution in [3.8, 4) is 5.88 Å². The highest BCUT2D eigenvalue weighted by atomic mass is 16.5. The molecule has 1 aromatic heterocycles. The van der Waals surface area contributed by atoms with E-state index in [1.165, 1.54) is 17.9 Å². The number of aromatic nitrogens is 2. The molecular formula is C7H9N3O2. The van der Waals surface area contributed by atoms with E-state index in [9.17, 15) is 4.79 Å². The fraction of sp³-hybridized carbons (Fsp3) is 0.429. The molecule has 0 aliphatic carbocycles. The lowest BCUT2D eigenvalue weighted by atomic mass is 10.4. The summed E-state index contributed by atoms with van der Waals surface area (Å²) in [4.78, 5) is 13.5. The molecule has 0 N–H and O–H groups in total. The Morgan fingerprint density at radius 1 is 1.67 bits per heavy atom. The van der Waals surface area contributed by atoms with Crippen molar-refractivity contribution in [3.05, 3.63) is 5.69 Å². The Morgan fingerprint density at radius 2 is 2.33 bits per heavy atom. The highest BCUT2D eigenvalue weighted by Gasteiger charge is 2.12. The van der Waals surface area contributed by atoms with Crippen LogP contribution >= 0.6 is 0 Å². The minimum atomic E-state index is 0.440. The summed E-state index contributed by atoms with van der Waals surface area (Å²) in [5.74, 6) is 0.468. The van der Waals surface area contributed by atoms with E-state index >= 15 is 0 Å². The number of carbonyl (C=O) groups excluding carboxylic acids is 1. The molecule has 0 saturated carbocycles. The summed E-state index contributed by atoms with van der Waals surface area (Å²) in [5.41, 5.74) is 1.09. The molecule has 5 nitrogen and oxygen atoms in total. The molecule has 1 rings (SSSR count). The summed E-state index contributed by atoms with van der Waals surface area (Å²) in [5, 5.41) is 4.02. The van der Waals surface area contributed by atoms with E-state index < -0.39 is 0 Å². The zero-order valence-corrected chi connectivity index (χ0v) is 7.16. The van der Waals surface area contributed by atoms with Crippen LogP contribution in [0.3, 0.4) is 0 Å². The van der Waals surface area contributed by atoms with Gasteiger partial charge in [-0.05, 0) is 6.92 Å². The Hall–Kier alpha value is -1.61. The van der Waals surface area contributed by atoms with Crippen LogP contribution in [0.15, 0.2) is 4.99 Å². The number of isocyanates is 1. The predicted octanol–water partition coefficient (Wildman–Crippen LogP) is 0.704. The lowest BCUT2D eigenvalue weighted by Crippen LogP contribution is -1.94. The first-order valence-electron chi connectivity index (χ1n) is 3.36. The average molecular weight is 167 g/mol. The third-order valence-electron chi connectivity index (χ3n) is 1.49. The second-order valence-electron chi connectivity index (χ2n) is 2.27. The van der Waals surface area contributed by atoms with E-state index in [1.807, 2.05) is 0 Å². The number of hydrogen-bond acceptors (Lipinski definition) is 4. The molecule has 0 atom stereocenters. The molecule has 0 amide bonds. The maximum atomic E-state index is 10.0. The van der Waals surface area contributed by atoms with Gasteiger partial charge >= 0.3 is 0 Å². The maximum Gasteiger partial charge on any atom is 0.240 e. The molecule has 5 heteroatoms. The quantitative estimate of drug-likeness (QED) is 0.481. The number of ether oxygens (including phenoxy) is 1. The molecule has 1 aromatic rings.